The Balaban J connectivity index is 1.90. The highest BCUT2D eigenvalue weighted by Crippen LogP contribution is 2.29. The largest absolute Gasteiger partial charge is 0.467 e. The van der Waals surface area contributed by atoms with Crippen molar-refractivity contribution in [2.45, 2.75) is 45.1 Å². The van der Waals surface area contributed by atoms with Crippen LogP contribution >= 0.6 is 0 Å². The van der Waals surface area contributed by atoms with Gasteiger partial charge in [0, 0.05) is 13.5 Å². The second-order valence-electron chi connectivity index (χ2n) is 5.05. The van der Waals surface area contributed by atoms with Gasteiger partial charge in [-0.05, 0) is 37.8 Å². The van der Waals surface area contributed by atoms with Gasteiger partial charge in [0.1, 0.15) is 5.76 Å². The van der Waals surface area contributed by atoms with Gasteiger partial charge in [0.2, 0.25) is 5.91 Å². The van der Waals surface area contributed by atoms with Gasteiger partial charge >= 0.3 is 0 Å². The molecule has 0 bridgehead atoms. The molecule has 1 heterocycles. The Morgan fingerprint density at radius 2 is 2.24 bits per heavy atom. The maximum absolute atomic E-state index is 12.1. The number of nitrogens with zero attached hydrogens (tertiary/aromatic N) is 1. The molecular formula is C14H21NO2. The van der Waals surface area contributed by atoms with Gasteiger partial charge in [0.25, 0.3) is 0 Å². The number of hydrogen-bond donors (Lipinski definition) is 0. The first-order valence-corrected chi connectivity index (χ1v) is 6.47. The highest BCUT2D eigenvalue weighted by molar-refractivity contribution is 5.76. The number of amides is 1. The molecule has 1 fully saturated rings. The summed E-state index contributed by atoms with van der Waals surface area (Å²) in [6, 6.07) is 3.81. The lowest BCUT2D eigenvalue weighted by atomic mass is 10.0. The first-order valence-electron chi connectivity index (χ1n) is 6.47. The van der Waals surface area contributed by atoms with E-state index in [0.29, 0.717) is 12.3 Å². The molecule has 0 aromatic carbocycles. The van der Waals surface area contributed by atoms with Crippen LogP contribution in [-0.4, -0.2) is 17.9 Å². The zero-order chi connectivity index (χ0) is 12.3. The third-order valence-electron chi connectivity index (χ3n) is 3.87. The van der Waals surface area contributed by atoms with Gasteiger partial charge in [0.05, 0.1) is 12.3 Å². The van der Waals surface area contributed by atoms with Crippen LogP contribution in [0.4, 0.5) is 0 Å². The van der Waals surface area contributed by atoms with E-state index in [4.69, 9.17) is 4.42 Å². The van der Waals surface area contributed by atoms with Crippen molar-refractivity contribution in [3.8, 4) is 0 Å². The number of carbonyl (C=O) groups excluding carboxylic acids is 1. The minimum atomic E-state index is 0.0268. The van der Waals surface area contributed by atoms with Gasteiger partial charge in [-0.3, -0.25) is 4.79 Å². The van der Waals surface area contributed by atoms with E-state index < -0.39 is 0 Å². The summed E-state index contributed by atoms with van der Waals surface area (Å²) in [5, 5.41) is 0. The monoisotopic (exact) mass is 235 g/mol. The van der Waals surface area contributed by atoms with Crippen LogP contribution in [0.5, 0.6) is 0 Å². The molecule has 0 radical (unpaired) electrons. The molecule has 1 aliphatic rings. The molecule has 0 spiro atoms. The SMILES string of the molecule is CC(c1ccco1)N(C)C(=O)CC1CCCC1. The summed E-state index contributed by atoms with van der Waals surface area (Å²) in [4.78, 5) is 13.9. The third kappa shape index (κ3) is 2.90. The van der Waals surface area contributed by atoms with Crippen LogP contribution in [0.25, 0.3) is 0 Å². The zero-order valence-corrected chi connectivity index (χ0v) is 10.7. The average molecular weight is 235 g/mol. The van der Waals surface area contributed by atoms with Gasteiger partial charge in [-0.2, -0.15) is 0 Å². The second kappa shape index (κ2) is 5.39. The normalized spacial score (nSPS) is 18.2. The molecule has 94 valence electrons. The van der Waals surface area contributed by atoms with Crippen LogP contribution in [0.2, 0.25) is 0 Å². The summed E-state index contributed by atoms with van der Waals surface area (Å²) < 4.78 is 5.34. The maximum Gasteiger partial charge on any atom is 0.223 e. The van der Waals surface area contributed by atoms with E-state index in [2.05, 4.69) is 0 Å². The quantitative estimate of drug-likeness (QED) is 0.801. The Kier molecular flexibility index (Phi) is 3.87. The number of hydrogen-bond acceptors (Lipinski definition) is 2. The van der Waals surface area contributed by atoms with Crippen molar-refractivity contribution < 1.29 is 9.21 Å². The maximum atomic E-state index is 12.1. The van der Waals surface area contributed by atoms with Crippen LogP contribution < -0.4 is 0 Å². The molecule has 1 amide bonds. The molecule has 1 saturated carbocycles. The lowest BCUT2D eigenvalue weighted by Crippen LogP contribution is -2.30. The summed E-state index contributed by atoms with van der Waals surface area (Å²) in [7, 11) is 1.87. The lowest BCUT2D eigenvalue weighted by Gasteiger charge is -2.24. The molecule has 3 nitrogen and oxygen atoms in total. The van der Waals surface area contributed by atoms with E-state index in [1.807, 2.05) is 26.1 Å². The zero-order valence-electron chi connectivity index (χ0n) is 10.7. The highest BCUT2D eigenvalue weighted by Gasteiger charge is 2.24. The predicted molar refractivity (Wildman–Crippen MR) is 66.5 cm³/mol. The van der Waals surface area contributed by atoms with Crippen molar-refractivity contribution >= 4 is 5.91 Å². The summed E-state index contributed by atoms with van der Waals surface area (Å²) in [5.74, 6) is 1.70. The summed E-state index contributed by atoms with van der Waals surface area (Å²) in [6.45, 7) is 2.01. The molecule has 1 atom stereocenters. The highest BCUT2D eigenvalue weighted by atomic mass is 16.3. The minimum absolute atomic E-state index is 0.0268. The molecule has 1 aromatic rings. The van der Waals surface area contributed by atoms with E-state index in [0.717, 1.165) is 5.76 Å². The van der Waals surface area contributed by atoms with Crippen molar-refractivity contribution in [1.82, 2.24) is 4.90 Å². The van der Waals surface area contributed by atoms with E-state index in [1.54, 1.807) is 11.2 Å². The fourth-order valence-electron chi connectivity index (χ4n) is 2.54. The van der Waals surface area contributed by atoms with E-state index in [9.17, 15) is 4.79 Å². The Labute approximate surface area is 103 Å². The molecule has 1 aliphatic carbocycles. The van der Waals surface area contributed by atoms with Crippen molar-refractivity contribution in [1.29, 1.82) is 0 Å². The standard InChI is InChI=1S/C14H21NO2/c1-11(13-8-5-9-17-13)15(2)14(16)10-12-6-3-4-7-12/h5,8-9,11-12H,3-4,6-7,10H2,1-2H3. The molecule has 2 rings (SSSR count). The Morgan fingerprint density at radius 1 is 1.53 bits per heavy atom. The van der Waals surface area contributed by atoms with E-state index >= 15 is 0 Å². The van der Waals surface area contributed by atoms with Crippen LogP contribution in [0.1, 0.15) is 50.8 Å². The smallest absolute Gasteiger partial charge is 0.223 e. The van der Waals surface area contributed by atoms with Gasteiger partial charge in [-0.1, -0.05) is 12.8 Å². The number of furan rings is 1. The third-order valence-corrected chi connectivity index (χ3v) is 3.87. The Hall–Kier alpha value is -1.25. The molecule has 0 aliphatic heterocycles. The fraction of sp³-hybridized carbons (Fsp3) is 0.643. The molecule has 1 unspecified atom stereocenters. The van der Waals surface area contributed by atoms with Crippen LogP contribution in [0.3, 0.4) is 0 Å². The van der Waals surface area contributed by atoms with Crippen LogP contribution in [0, 0.1) is 5.92 Å². The molecule has 17 heavy (non-hydrogen) atoms. The van der Waals surface area contributed by atoms with Crippen LogP contribution in [0.15, 0.2) is 22.8 Å². The number of rotatable bonds is 4. The topological polar surface area (TPSA) is 33.5 Å². The Morgan fingerprint density at radius 3 is 2.82 bits per heavy atom. The van der Waals surface area contributed by atoms with Crippen molar-refractivity contribution in [3.05, 3.63) is 24.2 Å². The molecule has 0 N–H and O–H groups in total. The average Bonchev–Trinajstić information content (AvgIpc) is 2.99. The minimum Gasteiger partial charge on any atom is -0.467 e. The Bertz CT molecular complexity index is 352. The summed E-state index contributed by atoms with van der Waals surface area (Å²) in [5.41, 5.74) is 0. The molecular weight excluding hydrogens is 214 g/mol. The van der Waals surface area contributed by atoms with Gasteiger partial charge in [-0.15, -0.1) is 0 Å². The van der Waals surface area contributed by atoms with E-state index in [1.165, 1.54) is 25.7 Å². The van der Waals surface area contributed by atoms with Gasteiger partial charge < -0.3 is 9.32 Å². The van der Waals surface area contributed by atoms with Gasteiger partial charge in [0.15, 0.2) is 0 Å². The lowest BCUT2D eigenvalue weighted by molar-refractivity contribution is -0.133. The van der Waals surface area contributed by atoms with Crippen LogP contribution in [-0.2, 0) is 4.79 Å². The first-order chi connectivity index (χ1) is 8.18. The molecule has 3 heteroatoms. The predicted octanol–water partition coefficient (Wildman–Crippen LogP) is 3.38. The molecule has 1 aromatic heterocycles. The van der Waals surface area contributed by atoms with Crippen molar-refractivity contribution in [2.75, 3.05) is 7.05 Å². The fourth-order valence-corrected chi connectivity index (χ4v) is 2.54. The number of carbonyl (C=O) groups is 1. The second-order valence-corrected chi connectivity index (χ2v) is 5.05. The summed E-state index contributed by atoms with van der Waals surface area (Å²) >= 11 is 0. The van der Waals surface area contributed by atoms with E-state index in [-0.39, 0.29) is 11.9 Å². The summed E-state index contributed by atoms with van der Waals surface area (Å²) in [6.07, 6.45) is 7.36. The van der Waals surface area contributed by atoms with Crippen molar-refractivity contribution in [3.63, 3.8) is 0 Å². The van der Waals surface area contributed by atoms with Gasteiger partial charge in [-0.25, -0.2) is 0 Å². The van der Waals surface area contributed by atoms with Crippen molar-refractivity contribution in [2.24, 2.45) is 5.92 Å². The molecule has 0 saturated heterocycles. The first kappa shape index (κ1) is 12.2.